The number of nitrogens with zero attached hydrogens (tertiary/aromatic N) is 1. The number of nitrogens with one attached hydrogen (secondary N) is 2. The highest BCUT2D eigenvalue weighted by Crippen LogP contribution is 2.34. The molecular weight excluding hydrogens is 204 g/mol. The Hall–Kier alpha value is -1.52. The van der Waals surface area contributed by atoms with Crippen LogP contribution in [0.25, 0.3) is 0 Å². The molecule has 4 N–H and O–H groups in total. The van der Waals surface area contributed by atoms with Gasteiger partial charge in [0.15, 0.2) is 5.82 Å². The number of carbonyl (C=O) groups excluding carboxylic acids is 1. The normalized spacial score (nSPS) is 23.1. The van der Waals surface area contributed by atoms with Crippen LogP contribution in [0.1, 0.15) is 42.2 Å². The molecule has 16 heavy (non-hydrogen) atoms. The van der Waals surface area contributed by atoms with E-state index in [-0.39, 0.29) is 11.7 Å². The number of carbonyl (C=O) groups is 1. The van der Waals surface area contributed by atoms with Gasteiger partial charge in [0.25, 0.3) is 5.91 Å². The van der Waals surface area contributed by atoms with Gasteiger partial charge in [-0.3, -0.25) is 9.89 Å². The first-order valence-corrected chi connectivity index (χ1v) is 5.74. The summed E-state index contributed by atoms with van der Waals surface area (Å²) in [4.78, 5) is 11.9. The van der Waals surface area contributed by atoms with Crippen LogP contribution in [-0.2, 0) is 0 Å². The van der Waals surface area contributed by atoms with Crippen molar-refractivity contribution in [1.29, 1.82) is 0 Å². The summed E-state index contributed by atoms with van der Waals surface area (Å²) < 4.78 is 0. The lowest BCUT2D eigenvalue weighted by atomic mass is 10.2. The topological polar surface area (TPSA) is 83.8 Å². The molecule has 0 spiro atoms. The van der Waals surface area contributed by atoms with E-state index in [1.807, 2.05) is 0 Å². The standard InChI is InChI=1S/C11H18N4O/c1-3-4-7-5-8(7)13-11(16)9-6(2)14-15-10(9)12/h7-8H,3-5H2,1-2H3,(H,13,16)(H3,12,14,15). The Kier molecular flexibility index (Phi) is 2.85. The Balaban J connectivity index is 1.95. The van der Waals surface area contributed by atoms with Crippen molar-refractivity contribution in [3.63, 3.8) is 0 Å². The molecule has 88 valence electrons. The molecule has 2 atom stereocenters. The average Bonchev–Trinajstić information content (AvgIpc) is 2.84. The summed E-state index contributed by atoms with van der Waals surface area (Å²) in [5.74, 6) is 0.831. The lowest BCUT2D eigenvalue weighted by Gasteiger charge is -2.04. The Morgan fingerprint density at radius 1 is 1.69 bits per heavy atom. The van der Waals surface area contributed by atoms with E-state index in [0.717, 1.165) is 12.1 Å². The molecule has 5 heteroatoms. The first kappa shape index (κ1) is 11.0. The van der Waals surface area contributed by atoms with Gasteiger partial charge in [-0.1, -0.05) is 13.3 Å². The van der Waals surface area contributed by atoms with Crippen molar-refractivity contribution >= 4 is 11.7 Å². The molecule has 2 unspecified atom stereocenters. The van der Waals surface area contributed by atoms with Crippen molar-refractivity contribution < 1.29 is 4.79 Å². The van der Waals surface area contributed by atoms with Crippen molar-refractivity contribution in [3.8, 4) is 0 Å². The maximum Gasteiger partial charge on any atom is 0.257 e. The van der Waals surface area contributed by atoms with Gasteiger partial charge in [-0.05, 0) is 25.7 Å². The predicted octanol–water partition coefficient (Wildman–Crippen LogP) is 1.22. The first-order chi connectivity index (χ1) is 7.63. The largest absolute Gasteiger partial charge is 0.382 e. The maximum atomic E-state index is 11.9. The van der Waals surface area contributed by atoms with Crippen molar-refractivity contribution in [2.75, 3.05) is 5.73 Å². The van der Waals surface area contributed by atoms with Crippen LogP contribution >= 0.6 is 0 Å². The molecular formula is C11H18N4O. The van der Waals surface area contributed by atoms with E-state index >= 15 is 0 Å². The number of nitrogens with two attached hydrogens (primary N) is 1. The number of hydrogen-bond acceptors (Lipinski definition) is 3. The predicted molar refractivity (Wildman–Crippen MR) is 62.0 cm³/mol. The summed E-state index contributed by atoms with van der Waals surface area (Å²) in [6.07, 6.45) is 3.45. The van der Waals surface area contributed by atoms with Crippen LogP contribution in [0.3, 0.4) is 0 Å². The van der Waals surface area contributed by atoms with Gasteiger partial charge in [0.1, 0.15) is 5.56 Å². The summed E-state index contributed by atoms with van der Waals surface area (Å²) in [5.41, 5.74) is 6.84. The third-order valence-electron chi connectivity index (χ3n) is 3.10. The van der Waals surface area contributed by atoms with Crippen molar-refractivity contribution in [3.05, 3.63) is 11.3 Å². The summed E-state index contributed by atoms with van der Waals surface area (Å²) in [6.45, 7) is 3.96. The van der Waals surface area contributed by atoms with Crippen LogP contribution < -0.4 is 11.1 Å². The van der Waals surface area contributed by atoms with Gasteiger partial charge < -0.3 is 11.1 Å². The number of rotatable bonds is 4. The van der Waals surface area contributed by atoms with E-state index in [1.54, 1.807) is 6.92 Å². The highest BCUT2D eigenvalue weighted by molar-refractivity contribution is 5.99. The number of nitrogen functional groups attached to an aromatic ring is 1. The van der Waals surface area contributed by atoms with E-state index in [1.165, 1.54) is 12.8 Å². The number of hydrogen-bond donors (Lipinski definition) is 3. The van der Waals surface area contributed by atoms with E-state index in [9.17, 15) is 4.79 Å². The van der Waals surface area contributed by atoms with Gasteiger partial charge in [0.05, 0.1) is 0 Å². The molecule has 0 aromatic carbocycles. The maximum absolute atomic E-state index is 11.9. The first-order valence-electron chi connectivity index (χ1n) is 5.74. The monoisotopic (exact) mass is 222 g/mol. The van der Waals surface area contributed by atoms with Crippen LogP contribution in [0.4, 0.5) is 5.82 Å². The van der Waals surface area contributed by atoms with Gasteiger partial charge in [-0.25, -0.2) is 0 Å². The fourth-order valence-electron chi connectivity index (χ4n) is 2.09. The zero-order chi connectivity index (χ0) is 11.7. The summed E-state index contributed by atoms with van der Waals surface area (Å²) in [5, 5.41) is 9.52. The average molecular weight is 222 g/mol. The summed E-state index contributed by atoms with van der Waals surface area (Å²) in [6, 6.07) is 0.334. The smallest absolute Gasteiger partial charge is 0.257 e. The molecule has 1 aliphatic carbocycles. The Labute approximate surface area is 94.8 Å². The zero-order valence-corrected chi connectivity index (χ0v) is 9.71. The molecule has 1 saturated carbocycles. The number of H-pyrrole nitrogens is 1. The second-order valence-electron chi connectivity index (χ2n) is 4.47. The van der Waals surface area contributed by atoms with E-state index < -0.39 is 0 Å². The van der Waals surface area contributed by atoms with E-state index in [4.69, 9.17) is 5.73 Å². The highest BCUT2D eigenvalue weighted by atomic mass is 16.1. The number of amides is 1. The number of aromatic nitrogens is 2. The van der Waals surface area contributed by atoms with Gasteiger partial charge in [-0.15, -0.1) is 0 Å². The van der Waals surface area contributed by atoms with Crippen molar-refractivity contribution in [2.45, 2.75) is 39.2 Å². The van der Waals surface area contributed by atoms with E-state index in [0.29, 0.717) is 17.5 Å². The molecule has 1 amide bonds. The van der Waals surface area contributed by atoms with Crippen molar-refractivity contribution in [2.24, 2.45) is 5.92 Å². The van der Waals surface area contributed by atoms with Gasteiger partial charge >= 0.3 is 0 Å². The molecule has 0 aliphatic heterocycles. The quantitative estimate of drug-likeness (QED) is 0.716. The molecule has 1 aliphatic rings. The number of anilines is 1. The van der Waals surface area contributed by atoms with Crippen LogP contribution in [0.15, 0.2) is 0 Å². The van der Waals surface area contributed by atoms with Crippen LogP contribution in [0.5, 0.6) is 0 Å². The molecule has 5 nitrogen and oxygen atoms in total. The molecule has 1 heterocycles. The third kappa shape index (κ3) is 2.03. The van der Waals surface area contributed by atoms with Crippen LogP contribution in [0.2, 0.25) is 0 Å². The molecule has 0 saturated heterocycles. The Morgan fingerprint density at radius 2 is 2.44 bits per heavy atom. The van der Waals surface area contributed by atoms with Crippen LogP contribution in [-0.4, -0.2) is 22.1 Å². The molecule has 2 rings (SSSR count). The van der Waals surface area contributed by atoms with Crippen molar-refractivity contribution in [1.82, 2.24) is 15.5 Å². The minimum atomic E-state index is -0.104. The fourth-order valence-corrected chi connectivity index (χ4v) is 2.09. The number of aromatic amines is 1. The summed E-state index contributed by atoms with van der Waals surface area (Å²) in [7, 11) is 0. The van der Waals surface area contributed by atoms with Gasteiger partial charge in [0, 0.05) is 11.7 Å². The van der Waals surface area contributed by atoms with Gasteiger partial charge in [-0.2, -0.15) is 5.10 Å². The lowest BCUT2D eigenvalue weighted by molar-refractivity contribution is 0.0949. The third-order valence-corrected chi connectivity index (χ3v) is 3.10. The number of aryl methyl sites for hydroxylation is 1. The van der Waals surface area contributed by atoms with Crippen LogP contribution in [0, 0.1) is 12.8 Å². The fraction of sp³-hybridized carbons (Fsp3) is 0.636. The lowest BCUT2D eigenvalue weighted by Crippen LogP contribution is -2.27. The molecule has 1 aromatic rings. The second-order valence-corrected chi connectivity index (χ2v) is 4.47. The highest BCUT2D eigenvalue weighted by Gasteiger charge is 2.37. The molecule has 1 fully saturated rings. The minimum Gasteiger partial charge on any atom is -0.382 e. The Morgan fingerprint density at radius 3 is 3.00 bits per heavy atom. The Bertz CT molecular complexity index is 379. The molecule has 1 aromatic heterocycles. The zero-order valence-electron chi connectivity index (χ0n) is 9.71. The molecule has 0 bridgehead atoms. The minimum absolute atomic E-state index is 0.104. The summed E-state index contributed by atoms with van der Waals surface area (Å²) >= 11 is 0. The van der Waals surface area contributed by atoms with Gasteiger partial charge in [0.2, 0.25) is 0 Å². The van der Waals surface area contributed by atoms with E-state index in [2.05, 4.69) is 22.4 Å². The second kappa shape index (κ2) is 4.15. The molecule has 0 radical (unpaired) electrons. The SMILES string of the molecule is CCCC1CC1NC(=O)c1c(N)n[nH]c1C.